The largest absolute Gasteiger partial charge is 0.239 e. The van der Waals surface area contributed by atoms with Crippen LogP contribution in [0.25, 0.3) is 0 Å². The Bertz CT molecular complexity index is 358. The fraction of sp³-hybridized carbons (Fsp3) is 0.400. The normalized spacial score (nSPS) is 11.0. The molecular weight excluding hydrogens is 184 g/mol. The third kappa shape index (κ3) is 2.19. The minimum atomic E-state index is -0.143. The van der Waals surface area contributed by atoms with Crippen LogP contribution in [0.5, 0.6) is 0 Å². The van der Waals surface area contributed by atoms with Gasteiger partial charge in [-0.05, 0) is 12.1 Å². The van der Waals surface area contributed by atoms with Gasteiger partial charge >= 0.3 is 0 Å². The van der Waals surface area contributed by atoms with Gasteiger partial charge in [-0.1, -0.05) is 32.4 Å². The van der Waals surface area contributed by atoms with E-state index in [1.165, 1.54) is 0 Å². The summed E-state index contributed by atoms with van der Waals surface area (Å²) < 4.78 is 0. The third-order valence-electron chi connectivity index (χ3n) is 1.69. The quantitative estimate of drug-likeness (QED) is 0.596. The zero-order valence-corrected chi connectivity index (χ0v) is 8.68. The van der Waals surface area contributed by atoms with Gasteiger partial charge in [-0.2, -0.15) is 5.26 Å². The number of nitriles is 1. The van der Waals surface area contributed by atoms with Gasteiger partial charge in [0.05, 0.1) is 11.3 Å². The molecule has 1 heterocycles. The summed E-state index contributed by atoms with van der Waals surface area (Å²) in [5.74, 6) is 0. The summed E-state index contributed by atoms with van der Waals surface area (Å²) in [7, 11) is 0. The van der Waals surface area contributed by atoms with E-state index in [4.69, 9.17) is 16.9 Å². The lowest BCUT2D eigenvalue weighted by Crippen LogP contribution is -2.15. The number of pyridine rings is 1. The van der Waals surface area contributed by atoms with Crippen molar-refractivity contribution in [1.29, 1.82) is 5.26 Å². The second kappa shape index (κ2) is 3.35. The van der Waals surface area contributed by atoms with Gasteiger partial charge in [0.1, 0.15) is 11.2 Å². The van der Waals surface area contributed by atoms with E-state index < -0.39 is 0 Å². The Balaban J connectivity index is 3.35. The molecule has 0 aromatic carbocycles. The minimum absolute atomic E-state index is 0.143. The zero-order chi connectivity index (χ0) is 10.1. The lowest BCUT2D eigenvalue weighted by atomic mass is 9.89. The van der Waals surface area contributed by atoms with Crippen LogP contribution < -0.4 is 0 Å². The molecule has 0 atom stereocenters. The fourth-order valence-electron chi connectivity index (χ4n) is 1.10. The highest BCUT2D eigenvalue weighted by Crippen LogP contribution is 2.24. The van der Waals surface area contributed by atoms with E-state index >= 15 is 0 Å². The lowest BCUT2D eigenvalue weighted by molar-refractivity contribution is 0.567. The molecule has 0 amide bonds. The van der Waals surface area contributed by atoms with Gasteiger partial charge in [0.15, 0.2) is 0 Å². The number of aromatic nitrogens is 1. The molecule has 1 rings (SSSR count). The van der Waals surface area contributed by atoms with Gasteiger partial charge in [0.2, 0.25) is 0 Å². The van der Waals surface area contributed by atoms with Gasteiger partial charge in [-0.25, -0.2) is 4.98 Å². The van der Waals surface area contributed by atoms with E-state index in [9.17, 15) is 0 Å². The highest BCUT2D eigenvalue weighted by molar-refractivity contribution is 6.29. The van der Waals surface area contributed by atoms with Crippen molar-refractivity contribution in [3.63, 3.8) is 0 Å². The summed E-state index contributed by atoms with van der Waals surface area (Å²) in [6.07, 6.45) is 0. The first-order valence-electron chi connectivity index (χ1n) is 4.02. The van der Waals surface area contributed by atoms with Crippen molar-refractivity contribution in [2.75, 3.05) is 0 Å². The first-order chi connectivity index (χ1) is 5.95. The number of hydrogen-bond acceptors (Lipinski definition) is 2. The van der Waals surface area contributed by atoms with E-state index in [1.807, 2.05) is 20.8 Å². The van der Waals surface area contributed by atoms with Crippen LogP contribution in [0.3, 0.4) is 0 Å². The van der Waals surface area contributed by atoms with E-state index in [0.29, 0.717) is 10.7 Å². The molecule has 1 aromatic rings. The average Bonchev–Trinajstić information content (AvgIpc) is 2.03. The van der Waals surface area contributed by atoms with Crippen LogP contribution >= 0.6 is 11.6 Å². The molecule has 68 valence electrons. The molecule has 3 heteroatoms. The molecule has 0 spiro atoms. The van der Waals surface area contributed by atoms with Crippen LogP contribution in [-0.2, 0) is 5.41 Å². The van der Waals surface area contributed by atoms with Crippen LogP contribution in [-0.4, -0.2) is 4.98 Å². The Morgan fingerprint density at radius 3 is 2.46 bits per heavy atom. The van der Waals surface area contributed by atoms with Crippen molar-refractivity contribution in [2.45, 2.75) is 26.2 Å². The van der Waals surface area contributed by atoms with Crippen molar-refractivity contribution in [2.24, 2.45) is 0 Å². The summed E-state index contributed by atoms with van der Waals surface area (Å²) in [6, 6.07) is 5.45. The molecule has 0 fully saturated rings. The van der Waals surface area contributed by atoms with E-state index in [2.05, 4.69) is 11.1 Å². The fourth-order valence-corrected chi connectivity index (χ4v) is 1.24. The molecule has 0 bridgehead atoms. The van der Waals surface area contributed by atoms with Gasteiger partial charge < -0.3 is 0 Å². The monoisotopic (exact) mass is 194 g/mol. The first-order valence-corrected chi connectivity index (χ1v) is 4.40. The molecule has 2 nitrogen and oxygen atoms in total. The van der Waals surface area contributed by atoms with Gasteiger partial charge in [-0.15, -0.1) is 0 Å². The van der Waals surface area contributed by atoms with Crippen molar-refractivity contribution in [3.05, 3.63) is 28.5 Å². The van der Waals surface area contributed by atoms with Gasteiger partial charge in [0, 0.05) is 5.41 Å². The Morgan fingerprint density at radius 2 is 2.00 bits per heavy atom. The summed E-state index contributed by atoms with van der Waals surface area (Å²) in [6.45, 7) is 6.02. The Morgan fingerprint density at radius 1 is 1.38 bits per heavy atom. The van der Waals surface area contributed by atoms with E-state index in [-0.39, 0.29) is 5.41 Å². The van der Waals surface area contributed by atoms with Crippen molar-refractivity contribution >= 4 is 11.6 Å². The highest BCUT2D eigenvalue weighted by atomic mass is 35.5. The Kier molecular flexibility index (Phi) is 2.58. The van der Waals surface area contributed by atoms with Crippen molar-refractivity contribution in [1.82, 2.24) is 4.98 Å². The maximum Gasteiger partial charge on any atom is 0.129 e. The number of halogens is 1. The van der Waals surface area contributed by atoms with Crippen molar-refractivity contribution < 1.29 is 0 Å². The molecule has 0 aliphatic heterocycles. The van der Waals surface area contributed by atoms with Gasteiger partial charge in [0.25, 0.3) is 0 Å². The molecule has 1 aromatic heterocycles. The van der Waals surface area contributed by atoms with E-state index in [0.717, 1.165) is 5.69 Å². The van der Waals surface area contributed by atoms with Crippen LogP contribution in [0.15, 0.2) is 12.1 Å². The van der Waals surface area contributed by atoms with Crippen LogP contribution in [0, 0.1) is 11.3 Å². The lowest BCUT2D eigenvalue weighted by Gasteiger charge is -2.18. The molecule has 0 saturated carbocycles. The van der Waals surface area contributed by atoms with Crippen molar-refractivity contribution in [3.8, 4) is 6.07 Å². The topological polar surface area (TPSA) is 36.7 Å². The molecule has 0 saturated heterocycles. The maximum absolute atomic E-state index is 8.84. The first kappa shape index (κ1) is 10.0. The van der Waals surface area contributed by atoms with Crippen LogP contribution in [0.2, 0.25) is 5.15 Å². The predicted octanol–water partition coefficient (Wildman–Crippen LogP) is 2.90. The number of nitrogens with zero attached hydrogens (tertiary/aromatic N) is 2. The summed E-state index contributed by atoms with van der Waals surface area (Å²) in [4.78, 5) is 4.16. The third-order valence-corrected chi connectivity index (χ3v) is 1.90. The Hall–Kier alpha value is -1.07. The molecule has 0 unspecified atom stereocenters. The summed E-state index contributed by atoms with van der Waals surface area (Å²) >= 11 is 5.76. The summed E-state index contributed by atoms with van der Waals surface area (Å²) in [5.41, 5.74) is 1.20. The van der Waals surface area contributed by atoms with Gasteiger partial charge in [-0.3, -0.25) is 0 Å². The second-order valence-corrected chi connectivity index (χ2v) is 4.28. The summed E-state index contributed by atoms with van der Waals surface area (Å²) in [5, 5.41) is 9.27. The molecule has 0 radical (unpaired) electrons. The molecular formula is C10H11ClN2. The SMILES string of the molecule is CC(C)(C)c1nc(Cl)ccc1C#N. The second-order valence-electron chi connectivity index (χ2n) is 3.89. The highest BCUT2D eigenvalue weighted by Gasteiger charge is 2.19. The minimum Gasteiger partial charge on any atom is -0.239 e. The average molecular weight is 195 g/mol. The Labute approximate surface area is 83.2 Å². The molecule has 13 heavy (non-hydrogen) atoms. The maximum atomic E-state index is 8.84. The number of rotatable bonds is 0. The molecule has 0 aliphatic rings. The standard InChI is InChI=1S/C10H11ClN2/c1-10(2,3)9-7(6-12)4-5-8(11)13-9/h4-5H,1-3H3. The smallest absolute Gasteiger partial charge is 0.129 e. The predicted molar refractivity (Wildman–Crippen MR) is 52.7 cm³/mol. The van der Waals surface area contributed by atoms with E-state index in [1.54, 1.807) is 12.1 Å². The van der Waals surface area contributed by atoms with Crippen LogP contribution in [0.4, 0.5) is 0 Å². The molecule has 0 aliphatic carbocycles. The molecule has 0 N–H and O–H groups in total. The number of hydrogen-bond donors (Lipinski definition) is 0. The van der Waals surface area contributed by atoms with Crippen LogP contribution in [0.1, 0.15) is 32.0 Å². The zero-order valence-electron chi connectivity index (χ0n) is 7.93.